The molecular weight excluding hydrogens is 391 g/mol. The SMILES string of the molecule is O=C(NC1CCN(C(=O)c2cc(O)cc(O)c2)CC1)c1cc(Cl)ccc1Cl. The molecular formula is C19H18Cl2N2O4. The number of likely N-dealkylation sites (tertiary alicyclic amines) is 1. The normalized spacial score (nSPS) is 14.8. The van der Waals surface area contributed by atoms with Gasteiger partial charge >= 0.3 is 0 Å². The van der Waals surface area contributed by atoms with Crippen molar-refractivity contribution in [3.05, 3.63) is 57.6 Å². The fourth-order valence-corrected chi connectivity index (χ4v) is 3.44. The zero-order chi connectivity index (χ0) is 19.6. The number of nitrogens with one attached hydrogen (secondary N) is 1. The van der Waals surface area contributed by atoms with Gasteiger partial charge in [0.15, 0.2) is 0 Å². The van der Waals surface area contributed by atoms with Crippen LogP contribution in [-0.2, 0) is 0 Å². The number of phenolic OH excluding ortho intramolecular Hbond substituents is 2. The maximum atomic E-state index is 12.5. The van der Waals surface area contributed by atoms with E-state index in [4.69, 9.17) is 23.2 Å². The molecule has 1 saturated heterocycles. The molecule has 2 amide bonds. The van der Waals surface area contributed by atoms with E-state index in [1.165, 1.54) is 24.3 Å². The highest BCUT2D eigenvalue weighted by atomic mass is 35.5. The van der Waals surface area contributed by atoms with E-state index in [0.717, 1.165) is 0 Å². The number of carbonyl (C=O) groups is 2. The van der Waals surface area contributed by atoms with E-state index in [1.807, 2.05) is 0 Å². The molecule has 1 heterocycles. The number of aromatic hydroxyl groups is 2. The van der Waals surface area contributed by atoms with Gasteiger partial charge in [-0.3, -0.25) is 9.59 Å². The summed E-state index contributed by atoms with van der Waals surface area (Å²) in [5.74, 6) is -0.910. The maximum absolute atomic E-state index is 12.5. The Balaban J connectivity index is 1.59. The Morgan fingerprint density at radius 3 is 2.26 bits per heavy atom. The van der Waals surface area contributed by atoms with Gasteiger partial charge in [-0.05, 0) is 43.2 Å². The summed E-state index contributed by atoms with van der Waals surface area (Å²) in [4.78, 5) is 26.6. The van der Waals surface area contributed by atoms with Crippen LogP contribution in [0.4, 0.5) is 0 Å². The van der Waals surface area contributed by atoms with Crippen molar-refractivity contribution in [3.63, 3.8) is 0 Å². The van der Waals surface area contributed by atoms with Gasteiger partial charge in [-0.2, -0.15) is 0 Å². The van der Waals surface area contributed by atoms with Gasteiger partial charge in [-0.25, -0.2) is 0 Å². The first-order valence-electron chi connectivity index (χ1n) is 8.41. The molecule has 1 aliphatic rings. The molecule has 3 rings (SSSR count). The third-order valence-electron chi connectivity index (χ3n) is 4.44. The lowest BCUT2D eigenvalue weighted by Gasteiger charge is -2.32. The van der Waals surface area contributed by atoms with Crippen LogP contribution in [0.25, 0.3) is 0 Å². The van der Waals surface area contributed by atoms with Crippen molar-refractivity contribution in [1.82, 2.24) is 10.2 Å². The van der Waals surface area contributed by atoms with Crippen LogP contribution in [0.1, 0.15) is 33.6 Å². The summed E-state index contributed by atoms with van der Waals surface area (Å²) >= 11 is 12.0. The zero-order valence-corrected chi connectivity index (χ0v) is 15.8. The van der Waals surface area contributed by atoms with Gasteiger partial charge in [0.25, 0.3) is 11.8 Å². The average molecular weight is 409 g/mol. The monoisotopic (exact) mass is 408 g/mol. The molecule has 0 atom stereocenters. The third-order valence-corrected chi connectivity index (χ3v) is 5.00. The van der Waals surface area contributed by atoms with Crippen molar-refractivity contribution in [2.75, 3.05) is 13.1 Å². The average Bonchev–Trinajstić information content (AvgIpc) is 2.63. The largest absolute Gasteiger partial charge is 0.508 e. The number of piperidine rings is 1. The van der Waals surface area contributed by atoms with Gasteiger partial charge in [0, 0.05) is 35.8 Å². The summed E-state index contributed by atoms with van der Waals surface area (Å²) in [6, 6.07) is 8.42. The molecule has 0 spiro atoms. The van der Waals surface area contributed by atoms with Gasteiger partial charge in [0.1, 0.15) is 11.5 Å². The molecule has 1 aliphatic heterocycles. The lowest BCUT2D eigenvalue weighted by atomic mass is 10.0. The van der Waals surface area contributed by atoms with Crippen LogP contribution in [0, 0.1) is 0 Å². The number of carbonyl (C=O) groups excluding carboxylic acids is 2. The quantitative estimate of drug-likeness (QED) is 0.725. The van der Waals surface area contributed by atoms with Crippen LogP contribution >= 0.6 is 23.2 Å². The Morgan fingerprint density at radius 2 is 1.63 bits per heavy atom. The van der Waals surface area contributed by atoms with Gasteiger partial charge < -0.3 is 20.4 Å². The smallest absolute Gasteiger partial charge is 0.254 e. The Labute approximate surface area is 166 Å². The van der Waals surface area contributed by atoms with Crippen molar-refractivity contribution in [3.8, 4) is 11.5 Å². The number of nitrogens with zero attached hydrogens (tertiary/aromatic N) is 1. The molecule has 2 aromatic rings. The summed E-state index contributed by atoms with van der Waals surface area (Å²) in [5.41, 5.74) is 0.540. The number of halogens is 2. The first-order valence-corrected chi connectivity index (χ1v) is 9.17. The van der Waals surface area contributed by atoms with E-state index in [0.29, 0.717) is 41.5 Å². The van der Waals surface area contributed by atoms with Crippen LogP contribution in [0.3, 0.4) is 0 Å². The summed E-state index contributed by atoms with van der Waals surface area (Å²) in [5, 5.41) is 22.7. The van der Waals surface area contributed by atoms with Crippen molar-refractivity contribution in [2.45, 2.75) is 18.9 Å². The van der Waals surface area contributed by atoms with Gasteiger partial charge in [-0.15, -0.1) is 0 Å². The minimum Gasteiger partial charge on any atom is -0.508 e. The fraction of sp³-hybridized carbons (Fsp3) is 0.263. The first-order chi connectivity index (χ1) is 12.8. The Bertz CT molecular complexity index is 860. The molecule has 0 bridgehead atoms. The molecule has 0 saturated carbocycles. The molecule has 1 fully saturated rings. The predicted octanol–water partition coefficient (Wildman–Crippen LogP) is 3.44. The van der Waals surface area contributed by atoms with E-state index in [1.54, 1.807) is 17.0 Å². The molecule has 3 N–H and O–H groups in total. The molecule has 0 aliphatic carbocycles. The number of hydrogen-bond acceptors (Lipinski definition) is 4. The molecule has 8 heteroatoms. The first kappa shape index (κ1) is 19.3. The molecule has 6 nitrogen and oxygen atoms in total. The van der Waals surface area contributed by atoms with Crippen molar-refractivity contribution >= 4 is 35.0 Å². The van der Waals surface area contributed by atoms with Crippen molar-refractivity contribution in [2.24, 2.45) is 0 Å². The highest BCUT2D eigenvalue weighted by Gasteiger charge is 2.26. The Kier molecular flexibility index (Phi) is 5.77. The minimum atomic E-state index is -0.301. The number of rotatable bonds is 3. The molecule has 142 valence electrons. The summed E-state index contributed by atoms with van der Waals surface area (Å²) in [6.45, 7) is 0.896. The zero-order valence-electron chi connectivity index (χ0n) is 14.3. The Morgan fingerprint density at radius 1 is 1.00 bits per heavy atom. The lowest BCUT2D eigenvalue weighted by molar-refractivity contribution is 0.0697. The van der Waals surface area contributed by atoms with E-state index < -0.39 is 0 Å². The number of hydrogen-bond donors (Lipinski definition) is 3. The second-order valence-electron chi connectivity index (χ2n) is 6.40. The Hall–Kier alpha value is -2.44. The maximum Gasteiger partial charge on any atom is 0.254 e. The van der Waals surface area contributed by atoms with Crippen LogP contribution in [0.2, 0.25) is 10.0 Å². The molecule has 2 aromatic carbocycles. The summed E-state index contributed by atoms with van der Waals surface area (Å²) < 4.78 is 0. The second kappa shape index (κ2) is 8.06. The van der Waals surface area contributed by atoms with Crippen LogP contribution < -0.4 is 5.32 Å². The van der Waals surface area contributed by atoms with Gasteiger partial charge in [-0.1, -0.05) is 23.2 Å². The van der Waals surface area contributed by atoms with E-state index in [-0.39, 0.29) is 34.9 Å². The van der Waals surface area contributed by atoms with E-state index in [9.17, 15) is 19.8 Å². The van der Waals surface area contributed by atoms with Crippen molar-refractivity contribution in [1.29, 1.82) is 0 Å². The van der Waals surface area contributed by atoms with Gasteiger partial charge in [0.05, 0.1) is 10.6 Å². The fourth-order valence-electron chi connectivity index (χ4n) is 3.06. The number of amides is 2. The summed E-state index contributed by atoms with van der Waals surface area (Å²) in [6.07, 6.45) is 1.17. The van der Waals surface area contributed by atoms with Gasteiger partial charge in [0.2, 0.25) is 0 Å². The summed E-state index contributed by atoms with van der Waals surface area (Å²) in [7, 11) is 0. The second-order valence-corrected chi connectivity index (χ2v) is 7.25. The highest BCUT2D eigenvalue weighted by molar-refractivity contribution is 6.35. The van der Waals surface area contributed by atoms with Crippen LogP contribution in [-0.4, -0.2) is 46.1 Å². The third kappa shape index (κ3) is 4.64. The molecule has 0 radical (unpaired) electrons. The molecule has 0 aromatic heterocycles. The topological polar surface area (TPSA) is 89.9 Å². The van der Waals surface area contributed by atoms with Crippen LogP contribution in [0.5, 0.6) is 11.5 Å². The lowest BCUT2D eigenvalue weighted by Crippen LogP contribution is -2.46. The standard InChI is InChI=1S/C19H18Cl2N2O4/c20-12-1-2-17(21)16(9-12)18(26)22-13-3-5-23(6-4-13)19(27)11-7-14(24)10-15(25)8-11/h1-2,7-10,13,24-25H,3-6H2,(H,22,26). The number of phenols is 2. The highest BCUT2D eigenvalue weighted by Crippen LogP contribution is 2.24. The molecule has 27 heavy (non-hydrogen) atoms. The molecule has 0 unspecified atom stereocenters. The van der Waals surface area contributed by atoms with Crippen LogP contribution in [0.15, 0.2) is 36.4 Å². The minimum absolute atomic E-state index is 0.0887. The predicted molar refractivity (Wildman–Crippen MR) is 103 cm³/mol. The van der Waals surface area contributed by atoms with Crippen molar-refractivity contribution < 1.29 is 19.8 Å². The van der Waals surface area contributed by atoms with E-state index in [2.05, 4.69) is 5.32 Å². The van der Waals surface area contributed by atoms with E-state index >= 15 is 0 Å². The number of benzene rings is 2.